The van der Waals surface area contributed by atoms with Gasteiger partial charge in [-0.05, 0) is 56.6 Å². The standard InChI is InChI=1S/C16H11I/c17-14-10-9-13-7-4-8-15(16(13)11-14)12-5-2-1-3-6-12/h1-11H. The first kappa shape index (κ1) is 10.8. The van der Waals surface area contributed by atoms with Crippen LogP contribution in [0.4, 0.5) is 0 Å². The van der Waals surface area contributed by atoms with Crippen molar-refractivity contribution in [1.82, 2.24) is 0 Å². The van der Waals surface area contributed by atoms with Crippen LogP contribution < -0.4 is 0 Å². The minimum absolute atomic E-state index is 1.28. The lowest BCUT2D eigenvalue weighted by atomic mass is 9.98. The van der Waals surface area contributed by atoms with Gasteiger partial charge in [-0.25, -0.2) is 0 Å². The second kappa shape index (κ2) is 4.49. The summed E-state index contributed by atoms with van der Waals surface area (Å²) in [7, 11) is 0. The monoisotopic (exact) mass is 330 g/mol. The second-order valence-electron chi connectivity index (χ2n) is 4.04. The van der Waals surface area contributed by atoms with Crippen LogP contribution in [-0.2, 0) is 0 Å². The SMILES string of the molecule is Ic1ccc2cccc(-c3ccccc3)c2c1. The molecule has 0 amide bonds. The van der Waals surface area contributed by atoms with E-state index < -0.39 is 0 Å². The third-order valence-electron chi connectivity index (χ3n) is 2.93. The zero-order chi connectivity index (χ0) is 11.7. The average Bonchev–Trinajstić information content (AvgIpc) is 2.39. The molecule has 0 bridgehead atoms. The zero-order valence-electron chi connectivity index (χ0n) is 9.23. The van der Waals surface area contributed by atoms with Crippen molar-refractivity contribution < 1.29 is 0 Å². The van der Waals surface area contributed by atoms with Gasteiger partial charge >= 0.3 is 0 Å². The van der Waals surface area contributed by atoms with Gasteiger partial charge in [-0.15, -0.1) is 0 Å². The van der Waals surface area contributed by atoms with E-state index in [0.717, 1.165) is 0 Å². The molecule has 3 aromatic carbocycles. The summed E-state index contributed by atoms with van der Waals surface area (Å²) in [6, 6.07) is 23.6. The summed E-state index contributed by atoms with van der Waals surface area (Å²) in [5, 5.41) is 2.62. The van der Waals surface area contributed by atoms with Crippen LogP contribution in [0.5, 0.6) is 0 Å². The van der Waals surface area contributed by atoms with Crippen LogP contribution in [0.1, 0.15) is 0 Å². The van der Waals surface area contributed by atoms with E-state index in [9.17, 15) is 0 Å². The van der Waals surface area contributed by atoms with E-state index in [1.165, 1.54) is 25.5 Å². The normalized spacial score (nSPS) is 10.6. The van der Waals surface area contributed by atoms with E-state index in [1.54, 1.807) is 0 Å². The summed E-state index contributed by atoms with van der Waals surface area (Å²) in [6.45, 7) is 0. The molecule has 0 saturated carbocycles. The van der Waals surface area contributed by atoms with Crippen molar-refractivity contribution >= 4 is 33.4 Å². The fourth-order valence-electron chi connectivity index (χ4n) is 2.11. The first-order valence-electron chi connectivity index (χ1n) is 5.58. The van der Waals surface area contributed by atoms with E-state index in [4.69, 9.17) is 0 Å². The highest BCUT2D eigenvalue weighted by Gasteiger charge is 2.03. The Morgan fingerprint density at radius 3 is 2.35 bits per heavy atom. The Morgan fingerprint density at radius 1 is 0.706 bits per heavy atom. The Labute approximate surface area is 114 Å². The highest BCUT2D eigenvalue weighted by Crippen LogP contribution is 2.29. The fraction of sp³-hybridized carbons (Fsp3) is 0. The Balaban J connectivity index is 2.33. The van der Waals surface area contributed by atoms with Gasteiger partial charge in [0.1, 0.15) is 0 Å². The summed E-state index contributed by atoms with van der Waals surface area (Å²) >= 11 is 2.36. The Kier molecular flexibility index (Phi) is 2.85. The highest BCUT2D eigenvalue weighted by atomic mass is 127. The summed E-state index contributed by atoms with van der Waals surface area (Å²) in [6.07, 6.45) is 0. The number of hydrogen-bond donors (Lipinski definition) is 0. The molecule has 1 heteroatoms. The third-order valence-corrected chi connectivity index (χ3v) is 3.60. The molecule has 0 spiro atoms. The second-order valence-corrected chi connectivity index (χ2v) is 5.28. The lowest BCUT2D eigenvalue weighted by molar-refractivity contribution is 1.64. The number of benzene rings is 3. The van der Waals surface area contributed by atoms with Crippen LogP contribution in [0, 0.1) is 3.57 Å². The molecule has 0 N–H and O–H groups in total. The molecule has 3 aromatic rings. The molecule has 3 rings (SSSR count). The van der Waals surface area contributed by atoms with Crippen LogP contribution >= 0.6 is 22.6 Å². The van der Waals surface area contributed by atoms with Gasteiger partial charge in [0, 0.05) is 3.57 Å². The minimum Gasteiger partial charge on any atom is -0.0622 e. The third kappa shape index (κ3) is 2.07. The van der Waals surface area contributed by atoms with E-state index in [-0.39, 0.29) is 0 Å². The Bertz CT molecular complexity index is 657. The van der Waals surface area contributed by atoms with Crippen molar-refractivity contribution in [2.45, 2.75) is 0 Å². The molecule has 0 unspecified atom stereocenters. The number of halogens is 1. The van der Waals surface area contributed by atoms with Crippen molar-refractivity contribution in [3.8, 4) is 11.1 Å². The van der Waals surface area contributed by atoms with E-state index in [0.29, 0.717) is 0 Å². The molecular formula is C16H11I. The number of rotatable bonds is 1. The molecule has 0 heterocycles. The van der Waals surface area contributed by atoms with Gasteiger partial charge in [0.05, 0.1) is 0 Å². The molecule has 0 radical (unpaired) electrons. The van der Waals surface area contributed by atoms with Crippen LogP contribution in [0.15, 0.2) is 66.7 Å². The molecule has 82 valence electrons. The Morgan fingerprint density at radius 2 is 1.53 bits per heavy atom. The predicted molar refractivity (Wildman–Crippen MR) is 82.1 cm³/mol. The van der Waals surface area contributed by atoms with Crippen molar-refractivity contribution in [1.29, 1.82) is 0 Å². The first-order chi connectivity index (χ1) is 8.34. The van der Waals surface area contributed by atoms with Crippen molar-refractivity contribution in [3.63, 3.8) is 0 Å². The Hall–Kier alpha value is -1.35. The van der Waals surface area contributed by atoms with Gasteiger partial charge in [0.15, 0.2) is 0 Å². The number of hydrogen-bond acceptors (Lipinski definition) is 0. The maximum absolute atomic E-state index is 2.36. The van der Waals surface area contributed by atoms with Crippen molar-refractivity contribution in [3.05, 3.63) is 70.3 Å². The van der Waals surface area contributed by atoms with Crippen LogP contribution in [0.25, 0.3) is 21.9 Å². The number of fused-ring (bicyclic) bond motifs is 1. The highest BCUT2D eigenvalue weighted by molar-refractivity contribution is 14.1. The summed E-state index contributed by atoms with van der Waals surface area (Å²) in [5.41, 5.74) is 2.58. The molecule has 17 heavy (non-hydrogen) atoms. The van der Waals surface area contributed by atoms with Crippen LogP contribution in [0.3, 0.4) is 0 Å². The molecule has 0 atom stereocenters. The van der Waals surface area contributed by atoms with Gasteiger partial charge in [-0.3, -0.25) is 0 Å². The molecule has 0 aliphatic carbocycles. The van der Waals surface area contributed by atoms with Gasteiger partial charge in [-0.2, -0.15) is 0 Å². The average molecular weight is 330 g/mol. The maximum atomic E-state index is 2.36. The lowest BCUT2D eigenvalue weighted by Gasteiger charge is -2.07. The largest absolute Gasteiger partial charge is 0.0622 e. The van der Waals surface area contributed by atoms with Crippen LogP contribution in [-0.4, -0.2) is 0 Å². The predicted octanol–water partition coefficient (Wildman–Crippen LogP) is 5.11. The van der Waals surface area contributed by atoms with Crippen molar-refractivity contribution in [2.24, 2.45) is 0 Å². The zero-order valence-corrected chi connectivity index (χ0v) is 11.4. The molecular weight excluding hydrogens is 319 g/mol. The lowest BCUT2D eigenvalue weighted by Crippen LogP contribution is -1.82. The summed E-state index contributed by atoms with van der Waals surface area (Å²) in [4.78, 5) is 0. The molecule has 0 nitrogen and oxygen atoms in total. The smallest absolute Gasteiger partial charge is 0.0136 e. The van der Waals surface area contributed by atoms with Crippen molar-refractivity contribution in [2.75, 3.05) is 0 Å². The molecule has 0 fully saturated rings. The molecule has 0 aliphatic rings. The first-order valence-corrected chi connectivity index (χ1v) is 6.66. The molecule has 0 aliphatic heterocycles. The van der Waals surface area contributed by atoms with Gasteiger partial charge in [0.2, 0.25) is 0 Å². The van der Waals surface area contributed by atoms with E-state index in [2.05, 4.69) is 89.3 Å². The molecule has 0 saturated heterocycles. The fourth-order valence-corrected chi connectivity index (χ4v) is 2.61. The summed E-state index contributed by atoms with van der Waals surface area (Å²) < 4.78 is 1.28. The van der Waals surface area contributed by atoms with E-state index in [1.807, 2.05) is 0 Å². The quantitative estimate of drug-likeness (QED) is 0.544. The van der Waals surface area contributed by atoms with Gasteiger partial charge in [0.25, 0.3) is 0 Å². The van der Waals surface area contributed by atoms with Crippen LogP contribution in [0.2, 0.25) is 0 Å². The topological polar surface area (TPSA) is 0 Å². The molecule has 0 aromatic heterocycles. The maximum Gasteiger partial charge on any atom is 0.0136 e. The van der Waals surface area contributed by atoms with E-state index >= 15 is 0 Å². The van der Waals surface area contributed by atoms with Gasteiger partial charge in [-0.1, -0.05) is 54.6 Å². The van der Waals surface area contributed by atoms with Gasteiger partial charge < -0.3 is 0 Å². The minimum atomic E-state index is 1.28. The summed E-state index contributed by atoms with van der Waals surface area (Å²) in [5.74, 6) is 0.